The summed E-state index contributed by atoms with van der Waals surface area (Å²) in [4.78, 5) is 0. The molecule has 0 saturated carbocycles. The molecule has 0 radical (unpaired) electrons. The molecule has 18 heavy (non-hydrogen) atoms. The average molecular weight is 312 g/mol. The normalized spacial score (nSPS) is 26.3. The first-order valence-corrected chi connectivity index (χ1v) is 10.2. The molecule has 0 aromatic rings. The molecule has 0 bridgehead atoms. The summed E-state index contributed by atoms with van der Waals surface area (Å²) in [6.45, 7) is 11.4. The molecule has 1 heterocycles. The van der Waals surface area contributed by atoms with Crippen LogP contribution < -0.4 is 0 Å². The van der Waals surface area contributed by atoms with E-state index in [4.69, 9.17) is 9.05 Å². The third-order valence-corrected chi connectivity index (χ3v) is 9.75. The van der Waals surface area contributed by atoms with E-state index >= 15 is 0 Å². The Morgan fingerprint density at radius 2 is 1.56 bits per heavy atom. The quantitative estimate of drug-likeness (QED) is 0.689. The second kappa shape index (κ2) is 7.03. The Balaban J connectivity index is 2.62. The molecule has 0 aromatic carbocycles. The molecule has 1 fully saturated rings. The molecular formula is C12H25O3PS2. The lowest BCUT2D eigenvalue weighted by Crippen LogP contribution is -2.29. The zero-order valence-electron chi connectivity index (χ0n) is 12.0. The van der Waals surface area contributed by atoms with Gasteiger partial charge in [-0.2, -0.15) is 0 Å². The fourth-order valence-corrected chi connectivity index (χ4v) is 8.47. The maximum absolute atomic E-state index is 12.6. The van der Waals surface area contributed by atoms with Crippen LogP contribution >= 0.6 is 31.1 Å². The van der Waals surface area contributed by atoms with Crippen LogP contribution in [0.15, 0.2) is 0 Å². The van der Waals surface area contributed by atoms with Crippen molar-refractivity contribution >= 4 is 31.1 Å². The van der Waals surface area contributed by atoms with E-state index in [0.717, 1.165) is 11.5 Å². The Labute approximate surface area is 120 Å². The molecular weight excluding hydrogens is 287 g/mol. The Hall–Kier alpha value is 0.850. The Bertz CT molecular complexity index is 286. The summed E-state index contributed by atoms with van der Waals surface area (Å²) in [7, 11) is -2.95. The highest BCUT2D eigenvalue weighted by Gasteiger charge is 2.41. The zero-order valence-corrected chi connectivity index (χ0v) is 14.5. The van der Waals surface area contributed by atoms with Gasteiger partial charge in [0.2, 0.25) is 0 Å². The second-order valence-corrected chi connectivity index (χ2v) is 10.8. The van der Waals surface area contributed by atoms with Crippen molar-refractivity contribution in [3.63, 3.8) is 0 Å². The largest absolute Gasteiger partial charge is 0.353 e. The molecule has 1 aliphatic heterocycles. The summed E-state index contributed by atoms with van der Waals surface area (Å²) in [5.41, 5.74) is 0.312. The smallest absolute Gasteiger partial charge is 0.308 e. The standard InChI is InChI=1S/C12H25O3PS2/c1-6-14-16(13,15-7-2)11-17-8-10(9-18-11)12(3,4)5/h10-11H,6-9H2,1-5H3. The van der Waals surface area contributed by atoms with Crippen LogP contribution in [0.3, 0.4) is 0 Å². The van der Waals surface area contributed by atoms with E-state index in [1.165, 1.54) is 0 Å². The number of hydrogen-bond donors (Lipinski definition) is 0. The third-order valence-electron chi connectivity index (χ3n) is 2.98. The van der Waals surface area contributed by atoms with Gasteiger partial charge in [0, 0.05) is 0 Å². The first-order chi connectivity index (χ1) is 8.33. The first kappa shape index (κ1) is 16.9. The van der Waals surface area contributed by atoms with Gasteiger partial charge >= 0.3 is 7.60 Å². The van der Waals surface area contributed by atoms with Crippen molar-refractivity contribution in [3.05, 3.63) is 0 Å². The van der Waals surface area contributed by atoms with Gasteiger partial charge in [0.15, 0.2) is 4.32 Å². The van der Waals surface area contributed by atoms with Gasteiger partial charge in [-0.15, -0.1) is 23.5 Å². The van der Waals surface area contributed by atoms with E-state index in [0.29, 0.717) is 24.5 Å². The molecule has 0 N–H and O–H groups in total. The minimum atomic E-state index is -2.95. The number of rotatable bonds is 5. The van der Waals surface area contributed by atoms with Crippen LogP contribution in [0, 0.1) is 11.3 Å². The molecule has 1 aliphatic rings. The fourth-order valence-electron chi connectivity index (χ4n) is 1.69. The predicted octanol–water partition coefficient (Wildman–Crippen LogP) is 4.68. The molecule has 6 heteroatoms. The molecule has 0 aromatic heterocycles. The van der Waals surface area contributed by atoms with Crippen LogP contribution in [0.25, 0.3) is 0 Å². The van der Waals surface area contributed by atoms with Gasteiger partial charge in [-0.1, -0.05) is 20.8 Å². The van der Waals surface area contributed by atoms with E-state index in [1.54, 1.807) is 23.5 Å². The Morgan fingerprint density at radius 1 is 1.11 bits per heavy atom. The minimum absolute atomic E-state index is 0.0593. The molecule has 3 nitrogen and oxygen atoms in total. The maximum Gasteiger partial charge on any atom is 0.353 e. The van der Waals surface area contributed by atoms with Crippen LogP contribution in [-0.4, -0.2) is 29.0 Å². The molecule has 0 unspecified atom stereocenters. The lowest BCUT2D eigenvalue weighted by Gasteiger charge is -2.37. The van der Waals surface area contributed by atoms with Gasteiger partial charge in [-0.3, -0.25) is 4.57 Å². The molecule has 0 atom stereocenters. The first-order valence-electron chi connectivity index (χ1n) is 6.45. The molecule has 0 aliphatic carbocycles. The van der Waals surface area contributed by atoms with Crippen LogP contribution in [-0.2, 0) is 13.6 Å². The summed E-state index contributed by atoms with van der Waals surface area (Å²) in [6, 6.07) is 0. The molecule has 0 spiro atoms. The van der Waals surface area contributed by atoms with Crippen LogP contribution in [0.4, 0.5) is 0 Å². The number of thioether (sulfide) groups is 2. The van der Waals surface area contributed by atoms with Crippen molar-refractivity contribution in [2.75, 3.05) is 24.7 Å². The Morgan fingerprint density at radius 3 is 1.89 bits per heavy atom. The summed E-state index contributed by atoms with van der Waals surface area (Å²) in [5, 5.41) is 0. The molecule has 1 saturated heterocycles. The highest BCUT2D eigenvalue weighted by Crippen LogP contribution is 2.63. The topological polar surface area (TPSA) is 35.5 Å². The Kier molecular flexibility index (Phi) is 6.60. The monoisotopic (exact) mass is 312 g/mol. The highest BCUT2D eigenvalue weighted by atomic mass is 32.2. The van der Waals surface area contributed by atoms with Gasteiger partial charge in [-0.05, 0) is 36.7 Å². The number of hydrogen-bond acceptors (Lipinski definition) is 5. The minimum Gasteiger partial charge on any atom is -0.308 e. The van der Waals surface area contributed by atoms with Crippen LogP contribution in [0.1, 0.15) is 34.6 Å². The summed E-state index contributed by atoms with van der Waals surface area (Å²) in [5.74, 6) is 2.72. The highest BCUT2D eigenvalue weighted by molar-refractivity contribution is 8.24. The fraction of sp³-hybridized carbons (Fsp3) is 1.00. The second-order valence-electron chi connectivity index (χ2n) is 5.41. The van der Waals surface area contributed by atoms with Crippen LogP contribution in [0.5, 0.6) is 0 Å². The summed E-state index contributed by atoms with van der Waals surface area (Å²) < 4.78 is 23.4. The van der Waals surface area contributed by atoms with Crippen molar-refractivity contribution < 1.29 is 13.6 Å². The van der Waals surface area contributed by atoms with E-state index in [1.807, 2.05) is 13.8 Å². The lowest BCUT2D eigenvalue weighted by atomic mass is 9.83. The zero-order chi connectivity index (χ0) is 13.8. The van der Waals surface area contributed by atoms with Crippen molar-refractivity contribution in [2.45, 2.75) is 38.9 Å². The van der Waals surface area contributed by atoms with E-state index < -0.39 is 7.60 Å². The molecule has 1 rings (SSSR count). The van der Waals surface area contributed by atoms with Crippen molar-refractivity contribution in [3.8, 4) is 0 Å². The third kappa shape index (κ3) is 4.45. The predicted molar refractivity (Wildman–Crippen MR) is 82.5 cm³/mol. The van der Waals surface area contributed by atoms with E-state index in [9.17, 15) is 4.57 Å². The van der Waals surface area contributed by atoms with Gasteiger partial charge in [0.05, 0.1) is 13.2 Å². The van der Waals surface area contributed by atoms with E-state index in [2.05, 4.69) is 20.8 Å². The van der Waals surface area contributed by atoms with Crippen LogP contribution in [0.2, 0.25) is 0 Å². The lowest BCUT2D eigenvalue weighted by molar-refractivity contribution is 0.222. The van der Waals surface area contributed by atoms with Crippen molar-refractivity contribution in [2.24, 2.45) is 11.3 Å². The summed E-state index contributed by atoms with van der Waals surface area (Å²) in [6.07, 6.45) is 0. The molecule has 108 valence electrons. The SMILES string of the molecule is CCOP(=O)(OCC)C1SCC(C(C)(C)C)CS1. The summed E-state index contributed by atoms with van der Waals surface area (Å²) >= 11 is 3.47. The van der Waals surface area contributed by atoms with Gasteiger partial charge in [-0.25, -0.2) is 0 Å². The average Bonchev–Trinajstić information content (AvgIpc) is 2.29. The van der Waals surface area contributed by atoms with Gasteiger partial charge in [0.1, 0.15) is 0 Å². The van der Waals surface area contributed by atoms with Gasteiger partial charge < -0.3 is 9.05 Å². The molecule has 0 amide bonds. The van der Waals surface area contributed by atoms with Gasteiger partial charge in [0.25, 0.3) is 0 Å². The maximum atomic E-state index is 12.6. The van der Waals surface area contributed by atoms with Crippen molar-refractivity contribution in [1.82, 2.24) is 0 Å². The van der Waals surface area contributed by atoms with E-state index in [-0.39, 0.29) is 4.32 Å². The van der Waals surface area contributed by atoms with Crippen molar-refractivity contribution in [1.29, 1.82) is 0 Å².